The van der Waals surface area contributed by atoms with Gasteiger partial charge in [0, 0.05) is 11.3 Å². The van der Waals surface area contributed by atoms with E-state index in [0.29, 0.717) is 29.3 Å². The Hall–Kier alpha value is -0.570. The van der Waals surface area contributed by atoms with Crippen LogP contribution in [0.15, 0.2) is 0 Å². The number of ether oxygens (including phenoxy) is 1. The molecule has 0 bridgehead atoms. The molecule has 3 heteroatoms. The van der Waals surface area contributed by atoms with Gasteiger partial charge in [-0.15, -0.1) is 0 Å². The minimum atomic E-state index is -0.301. The maximum absolute atomic E-state index is 12.1. The van der Waals surface area contributed by atoms with Crippen molar-refractivity contribution in [2.75, 3.05) is 6.61 Å². The molecule has 0 aromatic rings. The van der Waals surface area contributed by atoms with E-state index in [0.717, 1.165) is 19.3 Å². The molecule has 7 unspecified atom stereocenters. The summed E-state index contributed by atoms with van der Waals surface area (Å²) in [7, 11) is 0. The largest absolute Gasteiger partial charge is 0.465 e. The quantitative estimate of drug-likeness (QED) is 0.691. The second kappa shape index (κ2) is 4.74. The third-order valence-electron chi connectivity index (χ3n) is 8.76. The molecule has 1 saturated heterocycles. The second-order valence-corrected chi connectivity index (χ2v) is 9.99. The van der Waals surface area contributed by atoms with Crippen LogP contribution >= 0.6 is 0 Å². The predicted molar refractivity (Wildman–Crippen MR) is 88.6 cm³/mol. The molecular weight excluding hydrogens is 288 g/mol. The van der Waals surface area contributed by atoms with E-state index in [4.69, 9.17) is 4.74 Å². The number of esters is 1. The first-order valence-corrected chi connectivity index (χ1v) is 9.56. The molecule has 0 spiro atoms. The molecule has 0 amide bonds. The molecule has 0 radical (unpaired) electrons. The molecule has 1 N–H and O–H groups in total. The van der Waals surface area contributed by atoms with Crippen LogP contribution in [0.2, 0.25) is 0 Å². The lowest BCUT2D eigenvalue weighted by Gasteiger charge is -2.67. The number of carbonyl (C=O) groups excluding carboxylic acids is 1. The summed E-state index contributed by atoms with van der Waals surface area (Å²) in [6.45, 7) is 10.1. The Morgan fingerprint density at radius 1 is 1.09 bits per heavy atom. The number of hydrogen-bond donors (Lipinski definition) is 1. The normalized spacial score (nSPS) is 54.7. The second-order valence-electron chi connectivity index (χ2n) is 9.99. The summed E-state index contributed by atoms with van der Waals surface area (Å²) in [6.07, 6.45) is 6.48. The molecule has 3 nitrogen and oxygen atoms in total. The van der Waals surface area contributed by atoms with Crippen molar-refractivity contribution in [2.24, 2.45) is 39.9 Å². The van der Waals surface area contributed by atoms with Gasteiger partial charge in [0.15, 0.2) is 0 Å². The van der Waals surface area contributed by atoms with Crippen molar-refractivity contribution >= 4 is 5.97 Å². The molecule has 4 aliphatic rings. The Kier molecular flexibility index (Phi) is 3.28. The number of aliphatic hydroxyl groups is 1. The van der Waals surface area contributed by atoms with Crippen molar-refractivity contribution in [2.45, 2.75) is 72.3 Å². The fourth-order valence-corrected chi connectivity index (χ4v) is 7.58. The number of aliphatic hydroxyl groups excluding tert-OH is 1. The van der Waals surface area contributed by atoms with Crippen molar-refractivity contribution in [3.8, 4) is 0 Å². The zero-order valence-corrected chi connectivity index (χ0v) is 15.1. The average Bonchev–Trinajstić information content (AvgIpc) is 2.84. The van der Waals surface area contributed by atoms with Gasteiger partial charge < -0.3 is 9.84 Å². The Labute approximate surface area is 140 Å². The molecule has 130 valence electrons. The lowest BCUT2D eigenvalue weighted by molar-refractivity contribution is -0.219. The Bertz CT molecular complexity index is 527. The maximum atomic E-state index is 12.1. The third kappa shape index (κ3) is 1.89. The molecule has 4 fully saturated rings. The van der Waals surface area contributed by atoms with Crippen molar-refractivity contribution in [3.05, 3.63) is 0 Å². The van der Waals surface area contributed by atoms with Crippen molar-refractivity contribution in [3.63, 3.8) is 0 Å². The summed E-state index contributed by atoms with van der Waals surface area (Å²) >= 11 is 0. The molecule has 1 heterocycles. The van der Waals surface area contributed by atoms with Gasteiger partial charge in [0.2, 0.25) is 0 Å². The van der Waals surface area contributed by atoms with Gasteiger partial charge in [0.1, 0.15) is 0 Å². The summed E-state index contributed by atoms with van der Waals surface area (Å²) in [5.41, 5.74) is 0.453. The predicted octanol–water partition coefficient (Wildman–Crippen LogP) is 3.79. The van der Waals surface area contributed by atoms with Crippen LogP contribution in [0, 0.1) is 39.9 Å². The number of fused-ring (bicyclic) bond motifs is 5. The zero-order chi connectivity index (χ0) is 16.6. The van der Waals surface area contributed by atoms with Crippen LogP contribution in [0.1, 0.15) is 66.2 Å². The molecule has 1 aliphatic heterocycles. The van der Waals surface area contributed by atoms with E-state index in [9.17, 15) is 9.90 Å². The first-order valence-electron chi connectivity index (χ1n) is 9.56. The highest BCUT2D eigenvalue weighted by Crippen LogP contribution is 2.69. The lowest BCUT2D eigenvalue weighted by atomic mass is 9.38. The topological polar surface area (TPSA) is 46.5 Å². The maximum Gasteiger partial charge on any atom is 0.309 e. The van der Waals surface area contributed by atoms with E-state index >= 15 is 0 Å². The van der Waals surface area contributed by atoms with Crippen molar-refractivity contribution < 1.29 is 14.6 Å². The van der Waals surface area contributed by atoms with E-state index in [-0.39, 0.29) is 29.3 Å². The van der Waals surface area contributed by atoms with Gasteiger partial charge in [-0.25, -0.2) is 0 Å². The van der Waals surface area contributed by atoms with Gasteiger partial charge in [-0.3, -0.25) is 4.79 Å². The number of hydrogen-bond acceptors (Lipinski definition) is 3. The van der Waals surface area contributed by atoms with E-state index in [1.165, 1.54) is 19.3 Å². The summed E-state index contributed by atoms with van der Waals surface area (Å²) < 4.78 is 5.42. The number of carbonyl (C=O) groups is 1. The number of rotatable bonds is 0. The molecule has 4 rings (SSSR count). The van der Waals surface area contributed by atoms with Gasteiger partial charge in [-0.2, -0.15) is 0 Å². The van der Waals surface area contributed by atoms with Gasteiger partial charge in [-0.05, 0) is 54.8 Å². The summed E-state index contributed by atoms with van der Waals surface area (Å²) in [6, 6.07) is 0. The van der Waals surface area contributed by atoms with E-state index in [1.54, 1.807) is 0 Å². The van der Waals surface area contributed by atoms with E-state index in [1.807, 2.05) is 0 Å². The van der Waals surface area contributed by atoms with Crippen LogP contribution in [0.25, 0.3) is 0 Å². The van der Waals surface area contributed by atoms with Crippen LogP contribution in [0.4, 0.5) is 0 Å². The highest BCUT2D eigenvalue weighted by Gasteiger charge is 2.67. The fraction of sp³-hybridized carbons (Fsp3) is 0.950. The van der Waals surface area contributed by atoms with Crippen LogP contribution in [0.5, 0.6) is 0 Å². The van der Waals surface area contributed by atoms with Gasteiger partial charge in [0.25, 0.3) is 0 Å². The van der Waals surface area contributed by atoms with Gasteiger partial charge >= 0.3 is 5.97 Å². The van der Waals surface area contributed by atoms with Crippen molar-refractivity contribution in [1.29, 1.82) is 0 Å². The molecule has 0 aromatic heterocycles. The first-order chi connectivity index (χ1) is 10.7. The van der Waals surface area contributed by atoms with Crippen LogP contribution < -0.4 is 0 Å². The minimum Gasteiger partial charge on any atom is -0.465 e. The van der Waals surface area contributed by atoms with Crippen LogP contribution in [0.3, 0.4) is 0 Å². The van der Waals surface area contributed by atoms with E-state index in [2.05, 4.69) is 27.7 Å². The molecule has 0 aromatic carbocycles. The first kappa shape index (κ1) is 15.9. The standard InChI is InChI=1S/C20H32O3/c1-18(2)8-5-9-19(3)14-7-6-12-13(11-23-17(12)22)20(14,4)16(21)10-15(18)19/h12-16,21H,5-11H2,1-4H3. The number of cyclic esters (lactones) is 1. The summed E-state index contributed by atoms with van der Waals surface area (Å²) in [5, 5.41) is 11.2. The Morgan fingerprint density at radius 3 is 2.57 bits per heavy atom. The summed E-state index contributed by atoms with van der Waals surface area (Å²) in [5.74, 6) is 1.33. The Morgan fingerprint density at radius 2 is 1.83 bits per heavy atom. The Balaban J connectivity index is 1.77. The molecule has 3 saturated carbocycles. The fourth-order valence-electron chi connectivity index (χ4n) is 7.58. The van der Waals surface area contributed by atoms with Gasteiger partial charge in [0.05, 0.1) is 18.6 Å². The summed E-state index contributed by atoms with van der Waals surface area (Å²) in [4.78, 5) is 12.1. The molecule has 3 aliphatic carbocycles. The monoisotopic (exact) mass is 320 g/mol. The minimum absolute atomic E-state index is 0.0156. The third-order valence-corrected chi connectivity index (χ3v) is 8.76. The average molecular weight is 320 g/mol. The van der Waals surface area contributed by atoms with Crippen molar-refractivity contribution in [1.82, 2.24) is 0 Å². The smallest absolute Gasteiger partial charge is 0.309 e. The molecule has 7 atom stereocenters. The van der Waals surface area contributed by atoms with Crippen LogP contribution in [-0.2, 0) is 9.53 Å². The van der Waals surface area contributed by atoms with Gasteiger partial charge in [-0.1, -0.05) is 34.1 Å². The van der Waals surface area contributed by atoms with E-state index < -0.39 is 0 Å². The van der Waals surface area contributed by atoms with Crippen LogP contribution in [-0.4, -0.2) is 23.8 Å². The molecule has 23 heavy (non-hydrogen) atoms. The zero-order valence-electron chi connectivity index (χ0n) is 15.1. The lowest BCUT2D eigenvalue weighted by Crippen LogP contribution is -2.64. The highest BCUT2D eigenvalue weighted by molar-refractivity contribution is 5.75. The SMILES string of the molecule is CC1(C)CCCC2(C)C1CC(O)C1(C)C3COC(=O)C3CCC21. The molecular formula is C20H32O3. The highest BCUT2D eigenvalue weighted by atomic mass is 16.5.